The summed E-state index contributed by atoms with van der Waals surface area (Å²) in [5.41, 5.74) is 10.4. The first kappa shape index (κ1) is 9.98. The van der Waals surface area contributed by atoms with Crippen molar-refractivity contribution in [1.82, 2.24) is 4.90 Å². The maximum absolute atomic E-state index is 11.0. The van der Waals surface area contributed by atoms with E-state index < -0.39 is 0 Å². The number of amides is 2. The van der Waals surface area contributed by atoms with Crippen LogP contribution in [-0.4, -0.2) is 35.8 Å². The number of primary amides is 1. The van der Waals surface area contributed by atoms with Crippen LogP contribution in [0.5, 0.6) is 0 Å². The zero-order chi connectivity index (χ0) is 9.84. The van der Waals surface area contributed by atoms with Crippen LogP contribution >= 0.6 is 0 Å². The molecule has 0 aromatic rings. The molecule has 2 amide bonds. The number of nitrogens with zero attached hydrogens (tertiary/aromatic N) is 1. The lowest BCUT2D eigenvalue weighted by Gasteiger charge is -2.36. The molecule has 1 fully saturated rings. The molecule has 74 valence electrons. The highest BCUT2D eigenvalue weighted by molar-refractivity contribution is 5.87. The number of likely N-dealkylation sites (tertiary alicyclic amines) is 1. The van der Waals surface area contributed by atoms with E-state index in [2.05, 4.69) is 0 Å². The first-order valence-corrected chi connectivity index (χ1v) is 4.44. The van der Waals surface area contributed by atoms with Crippen molar-refractivity contribution in [2.24, 2.45) is 11.5 Å². The lowest BCUT2D eigenvalue weighted by molar-refractivity contribution is -0.142. The van der Waals surface area contributed by atoms with Gasteiger partial charge in [-0.15, -0.1) is 0 Å². The average Bonchev–Trinajstić information content (AvgIpc) is 2.09. The standard InChI is InChI=1S/C8H15N3O2/c9-6-5-11(8(6)13)4-2-1-3-7(10)12/h6H,1-5,9H2,(H2,10,12). The molecule has 1 heterocycles. The zero-order valence-corrected chi connectivity index (χ0v) is 7.53. The van der Waals surface area contributed by atoms with E-state index >= 15 is 0 Å². The van der Waals surface area contributed by atoms with Gasteiger partial charge in [-0.2, -0.15) is 0 Å². The van der Waals surface area contributed by atoms with E-state index in [0.717, 1.165) is 12.8 Å². The molecule has 5 heteroatoms. The maximum atomic E-state index is 11.0. The molecule has 4 N–H and O–H groups in total. The minimum Gasteiger partial charge on any atom is -0.370 e. The summed E-state index contributed by atoms with van der Waals surface area (Å²) < 4.78 is 0. The summed E-state index contributed by atoms with van der Waals surface area (Å²) in [5.74, 6) is -0.272. The van der Waals surface area contributed by atoms with Crippen LogP contribution in [0.15, 0.2) is 0 Å². The van der Waals surface area contributed by atoms with Gasteiger partial charge in [0.2, 0.25) is 11.8 Å². The number of β-lactam (4-membered cyclic amide) rings is 1. The van der Waals surface area contributed by atoms with Crippen LogP contribution in [0.1, 0.15) is 19.3 Å². The second kappa shape index (κ2) is 4.23. The van der Waals surface area contributed by atoms with Gasteiger partial charge in [0, 0.05) is 19.5 Å². The molecule has 0 aliphatic carbocycles. The van der Waals surface area contributed by atoms with Crippen molar-refractivity contribution in [2.45, 2.75) is 25.3 Å². The Kier molecular flexibility index (Phi) is 3.25. The van der Waals surface area contributed by atoms with Gasteiger partial charge in [0.1, 0.15) is 6.04 Å². The largest absolute Gasteiger partial charge is 0.370 e. The SMILES string of the molecule is NC(=O)CCCCN1CC(N)C1=O. The third-order valence-electron chi connectivity index (χ3n) is 2.15. The van der Waals surface area contributed by atoms with E-state index in [1.807, 2.05) is 0 Å². The van der Waals surface area contributed by atoms with Crippen LogP contribution in [0.3, 0.4) is 0 Å². The van der Waals surface area contributed by atoms with Crippen molar-refractivity contribution >= 4 is 11.8 Å². The van der Waals surface area contributed by atoms with Crippen LogP contribution in [0.25, 0.3) is 0 Å². The van der Waals surface area contributed by atoms with Crippen LogP contribution < -0.4 is 11.5 Å². The summed E-state index contributed by atoms with van der Waals surface area (Å²) >= 11 is 0. The summed E-state index contributed by atoms with van der Waals surface area (Å²) in [5, 5.41) is 0. The van der Waals surface area contributed by atoms with Crippen LogP contribution in [0.2, 0.25) is 0 Å². The van der Waals surface area contributed by atoms with E-state index in [4.69, 9.17) is 11.5 Å². The molecule has 0 spiro atoms. The highest BCUT2D eigenvalue weighted by atomic mass is 16.2. The molecular weight excluding hydrogens is 170 g/mol. The number of rotatable bonds is 5. The Morgan fingerprint density at radius 1 is 1.54 bits per heavy atom. The molecule has 1 saturated heterocycles. The van der Waals surface area contributed by atoms with E-state index in [1.165, 1.54) is 0 Å². The van der Waals surface area contributed by atoms with E-state index in [1.54, 1.807) is 4.90 Å². The summed E-state index contributed by atoms with van der Waals surface area (Å²) in [6, 6.07) is -0.295. The van der Waals surface area contributed by atoms with E-state index in [0.29, 0.717) is 19.5 Å². The average molecular weight is 185 g/mol. The van der Waals surface area contributed by atoms with Crippen LogP contribution in [0.4, 0.5) is 0 Å². The molecule has 1 aliphatic heterocycles. The van der Waals surface area contributed by atoms with Gasteiger partial charge in [0.25, 0.3) is 0 Å². The Balaban J connectivity index is 2.01. The fraction of sp³-hybridized carbons (Fsp3) is 0.750. The van der Waals surface area contributed by atoms with Crippen molar-refractivity contribution in [3.8, 4) is 0 Å². The molecule has 0 aromatic carbocycles. The molecule has 0 saturated carbocycles. The van der Waals surface area contributed by atoms with Gasteiger partial charge in [-0.3, -0.25) is 9.59 Å². The second-order valence-electron chi connectivity index (χ2n) is 3.31. The molecule has 13 heavy (non-hydrogen) atoms. The van der Waals surface area contributed by atoms with Crippen molar-refractivity contribution in [3.63, 3.8) is 0 Å². The lowest BCUT2D eigenvalue weighted by atomic mass is 10.1. The fourth-order valence-corrected chi connectivity index (χ4v) is 1.33. The number of unbranched alkanes of at least 4 members (excludes halogenated alkanes) is 1. The van der Waals surface area contributed by atoms with Crippen LogP contribution in [0, 0.1) is 0 Å². The van der Waals surface area contributed by atoms with Crippen molar-refractivity contribution < 1.29 is 9.59 Å². The van der Waals surface area contributed by atoms with Gasteiger partial charge in [-0.25, -0.2) is 0 Å². The van der Waals surface area contributed by atoms with Gasteiger partial charge in [-0.1, -0.05) is 0 Å². The van der Waals surface area contributed by atoms with Gasteiger partial charge >= 0.3 is 0 Å². The first-order valence-electron chi connectivity index (χ1n) is 4.44. The molecule has 1 aliphatic rings. The quantitative estimate of drug-likeness (QED) is 0.417. The Labute approximate surface area is 77.1 Å². The maximum Gasteiger partial charge on any atom is 0.241 e. The van der Waals surface area contributed by atoms with Crippen molar-refractivity contribution in [2.75, 3.05) is 13.1 Å². The smallest absolute Gasteiger partial charge is 0.241 e. The number of hydrogen-bond acceptors (Lipinski definition) is 3. The highest BCUT2D eigenvalue weighted by Crippen LogP contribution is 2.09. The summed E-state index contributed by atoms with van der Waals surface area (Å²) in [7, 11) is 0. The number of carbonyl (C=O) groups is 2. The molecule has 0 bridgehead atoms. The predicted molar refractivity (Wildman–Crippen MR) is 47.6 cm³/mol. The Hall–Kier alpha value is -1.10. The Morgan fingerprint density at radius 3 is 2.69 bits per heavy atom. The Morgan fingerprint density at radius 2 is 2.23 bits per heavy atom. The third kappa shape index (κ3) is 2.69. The number of hydrogen-bond donors (Lipinski definition) is 2. The minimum atomic E-state index is -0.295. The number of carbonyl (C=O) groups excluding carboxylic acids is 2. The van der Waals surface area contributed by atoms with Crippen LogP contribution in [-0.2, 0) is 9.59 Å². The van der Waals surface area contributed by atoms with Gasteiger partial charge in [0.15, 0.2) is 0 Å². The van der Waals surface area contributed by atoms with Gasteiger partial charge < -0.3 is 16.4 Å². The molecular formula is C8H15N3O2. The van der Waals surface area contributed by atoms with Crippen molar-refractivity contribution in [1.29, 1.82) is 0 Å². The molecule has 0 aromatic heterocycles. The molecule has 1 rings (SSSR count). The van der Waals surface area contributed by atoms with Gasteiger partial charge in [0.05, 0.1) is 0 Å². The van der Waals surface area contributed by atoms with E-state index in [9.17, 15) is 9.59 Å². The number of nitrogens with two attached hydrogens (primary N) is 2. The molecule has 5 nitrogen and oxygen atoms in total. The molecule has 1 unspecified atom stereocenters. The zero-order valence-electron chi connectivity index (χ0n) is 7.53. The van der Waals surface area contributed by atoms with Crippen molar-refractivity contribution in [3.05, 3.63) is 0 Å². The van der Waals surface area contributed by atoms with E-state index in [-0.39, 0.29) is 17.9 Å². The summed E-state index contributed by atoms with van der Waals surface area (Å²) in [6.07, 6.45) is 1.96. The monoisotopic (exact) mass is 185 g/mol. The predicted octanol–water partition coefficient (Wildman–Crippen LogP) is -1.19. The molecule has 0 radical (unpaired) electrons. The molecule has 1 atom stereocenters. The first-order chi connectivity index (χ1) is 6.11. The minimum absolute atomic E-state index is 0.0130. The third-order valence-corrected chi connectivity index (χ3v) is 2.15. The highest BCUT2D eigenvalue weighted by Gasteiger charge is 2.32. The normalized spacial score (nSPS) is 21.5. The topological polar surface area (TPSA) is 89.4 Å². The second-order valence-corrected chi connectivity index (χ2v) is 3.31. The fourth-order valence-electron chi connectivity index (χ4n) is 1.33. The Bertz CT molecular complexity index is 217. The summed E-state index contributed by atoms with van der Waals surface area (Å²) in [6.45, 7) is 1.34. The lowest BCUT2D eigenvalue weighted by Crippen LogP contribution is -2.60. The van der Waals surface area contributed by atoms with Gasteiger partial charge in [-0.05, 0) is 12.8 Å². The summed E-state index contributed by atoms with van der Waals surface area (Å²) in [4.78, 5) is 23.1.